The van der Waals surface area contributed by atoms with Gasteiger partial charge in [-0.2, -0.15) is 0 Å². The maximum atomic E-state index is 13.0. The summed E-state index contributed by atoms with van der Waals surface area (Å²) in [7, 11) is -1.34. The molecule has 0 aliphatic heterocycles. The Kier molecular flexibility index (Phi) is 6.65. The topological polar surface area (TPSA) is 143 Å². The van der Waals surface area contributed by atoms with Crippen molar-refractivity contribution >= 4 is 38.7 Å². The Morgan fingerprint density at radius 1 is 1.16 bits per heavy atom. The minimum absolute atomic E-state index is 0.0170. The monoisotopic (exact) mass is 480 g/mol. The second-order valence-electron chi connectivity index (χ2n) is 6.38. The van der Waals surface area contributed by atoms with Gasteiger partial charge in [0.05, 0.1) is 28.9 Å². The predicted molar refractivity (Wildman–Crippen MR) is 114 cm³/mol. The Morgan fingerprint density at radius 2 is 1.84 bits per heavy atom. The number of hydrogen-bond acceptors (Lipinski definition) is 8. The van der Waals surface area contributed by atoms with Crippen LogP contribution >= 0.6 is 11.6 Å². The van der Waals surface area contributed by atoms with E-state index in [0.29, 0.717) is 5.02 Å². The Hall–Kier alpha value is -3.64. The van der Waals surface area contributed by atoms with Crippen molar-refractivity contribution in [2.24, 2.45) is 0 Å². The number of carbonyl (C=O) groups is 1. The van der Waals surface area contributed by atoms with Crippen molar-refractivity contribution in [3.05, 3.63) is 63.8 Å². The number of nitrogens with one attached hydrogen (secondary N) is 1. The third kappa shape index (κ3) is 4.98. The SMILES string of the molecule is COc1cc(NC(=O)Cn2cc([N+](=O)[O-])c(OC)n2)cc(S(=O)(=O)c2ccc(Cl)cc2)c1. The minimum Gasteiger partial charge on any atom is -0.497 e. The molecule has 0 bridgehead atoms. The molecule has 13 heteroatoms. The quantitative estimate of drug-likeness (QED) is 0.383. The molecule has 0 atom stereocenters. The number of ether oxygens (including phenoxy) is 2. The number of aromatic nitrogens is 2. The molecule has 32 heavy (non-hydrogen) atoms. The zero-order valence-corrected chi connectivity index (χ0v) is 18.4. The molecule has 0 fully saturated rings. The van der Waals surface area contributed by atoms with Gasteiger partial charge in [0.2, 0.25) is 15.7 Å². The van der Waals surface area contributed by atoms with Gasteiger partial charge in [-0.05, 0) is 36.4 Å². The number of carbonyl (C=O) groups excluding carboxylic acids is 1. The van der Waals surface area contributed by atoms with E-state index in [-0.39, 0.29) is 33.7 Å². The molecule has 2 aromatic carbocycles. The summed E-state index contributed by atoms with van der Waals surface area (Å²) in [6.07, 6.45) is 1.06. The number of amides is 1. The van der Waals surface area contributed by atoms with Crippen molar-refractivity contribution in [1.82, 2.24) is 9.78 Å². The van der Waals surface area contributed by atoms with Crippen LogP contribution < -0.4 is 14.8 Å². The molecule has 11 nitrogen and oxygen atoms in total. The summed E-state index contributed by atoms with van der Waals surface area (Å²) in [6.45, 7) is -0.374. The van der Waals surface area contributed by atoms with Crippen molar-refractivity contribution in [3.8, 4) is 11.6 Å². The average Bonchev–Trinajstić information content (AvgIpc) is 3.16. The van der Waals surface area contributed by atoms with Crippen molar-refractivity contribution < 1.29 is 27.6 Å². The van der Waals surface area contributed by atoms with Gasteiger partial charge >= 0.3 is 11.6 Å². The first-order valence-corrected chi connectivity index (χ1v) is 10.8. The molecule has 1 heterocycles. The summed E-state index contributed by atoms with van der Waals surface area (Å²) in [5.74, 6) is -0.639. The van der Waals surface area contributed by atoms with E-state index in [0.717, 1.165) is 10.9 Å². The predicted octanol–water partition coefficient (Wildman–Crippen LogP) is 2.93. The summed E-state index contributed by atoms with van der Waals surface area (Å²) in [5, 5.41) is 17.8. The molecule has 0 saturated carbocycles. The lowest BCUT2D eigenvalue weighted by Gasteiger charge is -2.11. The van der Waals surface area contributed by atoms with Gasteiger partial charge in [0.1, 0.15) is 18.5 Å². The molecule has 0 radical (unpaired) electrons. The number of halogens is 1. The average molecular weight is 481 g/mol. The second-order valence-corrected chi connectivity index (χ2v) is 8.77. The van der Waals surface area contributed by atoms with Crippen LogP contribution in [0.2, 0.25) is 5.02 Å². The standard InChI is InChI=1S/C19H17ClN4O7S/c1-30-14-7-13(8-16(9-14)32(28,29)15-5-3-12(20)4-6-15)21-18(25)11-23-10-17(24(26)27)19(22-23)31-2/h3-10H,11H2,1-2H3,(H,21,25). The number of benzene rings is 2. The van der Waals surface area contributed by atoms with Gasteiger partial charge < -0.3 is 14.8 Å². The van der Waals surface area contributed by atoms with Crippen LogP contribution in [0.25, 0.3) is 0 Å². The van der Waals surface area contributed by atoms with E-state index in [1.807, 2.05) is 0 Å². The van der Waals surface area contributed by atoms with Crippen LogP contribution in [0.15, 0.2) is 58.5 Å². The van der Waals surface area contributed by atoms with Crippen LogP contribution in [0.5, 0.6) is 11.6 Å². The number of nitrogens with zero attached hydrogens (tertiary/aromatic N) is 3. The molecule has 0 aliphatic rings. The van der Waals surface area contributed by atoms with E-state index in [2.05, 4.69) is 10.4 Å². The Labute approximate surface area is 187 Å². The lowest BCUT2D eigenvalue weighted by molar-refractivity contribution is -0.385. The lowest BCUT2D eigenvalue weighted by atomic mass is 10.3. The molecule has 3 rings (SSSR count). The van der Waals surface area contributed by atoms with E-state index < -0.39 is 26.4 Å². The lowest BCUT2D eigenvalue weighted by Crippen LogP contribution is -2.19. The first-order valence-electron chi connectivity index (χ1n) is 8.89. The van der Waals surface area contributed by atoms with Crippen LogP contribution in [0, 0.1) is 10.1 Å². The number of nitro groups is 1. The van der Waals surface area contributed by atoms with Gasteiger partial charge in [-0.1, -0.05) is 11.6 Å². The van der Waals surface area contributed by atoms with Crippen molar-refractivity contribution in [2.45, 2.75) is 16.3 Å². The molecule has 1 aromatic heterocycles. The van der Waals surface area contributed by atoms with Crippen LogP contribution in [0.3, 0.4) is 0 Å². The Morgan fingerprint density at radius 3 is 2.41 bits per heavy atom. The number of anilines is 1. The molecule has 3 aromatic rings. The molecular formula is C19H17ClN4O7S. The van der Waals surface area contributed by atoms with E-state index in [4.69, 9.17) is 21.1 Å². The van der Waals surface area contributed by atoms with Crippen LogP contribution in [-0.2, 0) is 21.2 Å². The fourth-order valence-corrected chi connectivity index (χ4v) is 4.21. The number of methoxy groups -OCH3 is 2. The molecule has 0 aliphatic carbocycles. The molecular weight excluding hydrogens is 464 g/mol. The van der Waals surface area contributed by atoms with Gasteiger partial charge in [0.25, 0.3) is 0 Å². The number of hydrogen-bond donors (Lipinski definition) is 1. The molecule has 0 unspecified atom stereocenters. The number of rotatable bonds is 8. The van der Waals surface area contributed by atoms with E-state index in [1.54, 1.807) is 0 Å². The Bertz CT molecular complexity index is 1270. The van der Waals surface area contributed by atoms with Crippen molar-refractivity contribution in [3.63, 3.8) is 0 Å². The second kappa shape index (κ2) is 9.24. The maximum absolute atomic E-state index is 13.0. The third-order valence-electron chi connectivity index (χ3n) is 4.24. The van der Waals surface area contributed by atoms with E-state index >= 15 is 0 Å². The van der Waals surface area contributed by atoms with Gasteiger partial charge in [-0.15, -0.1) is 5.10 Å². The van der Waals surface area contributed by atoms with Crippen LogP contribution in [0.4, 0.5) is 11.4 Å². The first kappa shape index (κ1) is 23.0. The van der Waals surface area contributed by atoms with Crippen LogP contribution in [0.1, 0.15) is 0 Å². The summed E-state index contributed by atoms with van der Waals surface area (Å²) in [4.78, 5) is 22.7. The molecule has 1 N–H and O–H groups in total. The largest absolute Gasteiger partial charge is 0.497 e. The first-order chi connectivity index (χ1) is 15.1. The fraction of sp³-hybridized carbons (Fsp3) is 0.158. The Balaban J connectivity index is 1.86. The zero-order chi connectivity index (χ0) is 23.5. The molecule has 168 valence electrons. The van der Waals surface area contributed by atoms with Gasteiger partial charge in [0.15, 0.2) is 0 Å². The molecule has 1 amide bonds. The summed E-state index contributed by atoms with van der Waals surface area (Å²) < 4.78 is 37.0. The third-order valence-corrected chi connectivity index (χ3v) is 6.24. The maximum Gasteiger partial charge on any atom is 0.350 e. The highest BCUT2D eigenvalue weighted by molar-refractivity contribution is 7.91. The highest BCUT2D eigenvalue weighted by atomic mass is 35.5. The minimum atomic E-state index is -3.92. The van der Waals surface area contributed by atoms with Crippen LogP contribution in [-0.4, -0.2) is 43.2 Å². The van der Waals surface area contributed by atoms with Gasteiger partial charge in [-0.25, -0.2) is 8.42 Å². The van der Waals surface area contributed by atoms with Gasteiger partial charge in [-0.3, -0.25) is 19.6 Å². The highest BCUT2D eigenvalue weighted by Crippen LogP contribution is 2.29. The summed E-state index contributed by atoms with van der Waals surface area (Å²) in [5.41, 5.74) is -0.242. The smallest absolute Gasteiger partial charge is 0.350 e. The fourth-order valence-electron chi connectivity index (χ4n) is 2.76. The van der Waals surface area contributed by atoms with E-state index in [1.165, 1.54) is 56.7 Å². The van der Waals surface area contributed by atoms with Gasteiger partial charge in [0, 0.05) is 16.8 Å². The number of sulfone groups is 1. The van der Waals surface area contributed by atoms with Crippen molar-refractivity contribution in [2.75, 3.05) is 19.5 Å². The summed E-state index contributed by atoms with van der Waals surface area (Å²) in [6, 6.07) is 9.67. The molecule has 0 saturated heterocycles. The molecule has 0 spiro atoms. The normalized spacial score (nSPS) is 11.1. The highest BCUT2D eigenvalue weighted by Gasteiger charge is 2.22. The summed E-state index contributed by atoms with van der Waals surface area (Å²) >= 11 is 5.83. The van der Waals surface area contributed by atoms with E-state index in [9.17, 15) is 23.3 Å². The van der Waals surface area contributed by atoms with Crippen molar-refractivity contribution in [1.29, 1.82) is 0 Å². The zero-order valence-electron chi connectivity index (χ0n) is 16.8.